The number of aromatic nitrogens is 2. The molecular formula is C11H20N2O2. The smallest absolute Gasteiger partial charge is 0.200 e. The Balaban J connectivity index is 0.000000531. The molecule has 0 radical (unpaired) electrons. The van der Waals surface area contributed by atoms with Crippen molar-refractivity contribution in [1.29, 1.82) is 0 Å². The van der Waals surface area contributed by atoms with E-state index < -0.39 is 0 Å². The van der Waals surface area contributed by atoms with E-state index >= 15 is 0 Å². The molecule has 0 spiro atoms. The van der Waals surface area contributed by atoms with Gasteiger partial charge in [-0.3, -0.25) is 0 Å². The summed E-state index contributed by atoms with van der Waals surface area (Å²) in [5, 5.41) is 0. The van der Waals surface area contributed by atoms with Gasteiger partial charge in [0.2, 0.25) is 6.29 Å². The SMILES string of the molecule is CC.Cc1ncc(C2OCCCO2)n1C. The van der Waals surface area contributed by atoms with E-state index in [0.717, 1.165) is 31.2 Å². The highest BCUT2D eigenvalue weighted by atomic mass is 16.7. The lowest BCUT2D eigenvalue weighted by Gasteiger charge is -2.23. The standard InChI is InChI=1S/C9H14N2O2.C2H6/c1-7-10-6-8(11(7)2)9-12-4-3-5-13-9;1-2/h6,9H,3-5H2,1-2H3;1-2H3. The second kappa shape index (κ2) is 5.88. The predicted octanol–water partition coefficient (Wildman–Crippen LogP) is 2.19. The summed E-state index contributed by atoms with van der Waals surface area (Å²) < 4.78 is 12.9. The zero-order valence-corrected chi connectivity index (χ0v) is 9.99. The summed E-state index contributed by atoms with van der Waals surface area (Å²) in [7, 11) is 1.97. The summed E-state index contributed by atoms with van der Waals surface area (Å²) >= 11 is 0. The van der Waals surface area contributed by atoms with E-state index in [-0.39, 0.29) is 6.29 Å². The second-order valence-electron chi connectivity index (χ2n) is 3.22. The van der Waals surface area contributed by atoms with E-state index in [0.29, 0.717) is 0 Å². The maximum Gasteiger partial charge on any atom is 0.200 e. The molecular weight excluding hydrogens is 192 g/mol. The van der Waals surface area contributed by atoms with Crippen molar-refractivity contribution in [2.45, 2.75) is 33.5 Å². The summed E-state index contributed by atoms with van der Waals surface area (Å²) in [6, 6.07) is 0. The molecule has 0 unspecified atom stereocenters. The van der Waals surface area contributed by atoms with Gasteiger partial charge in [0.1, 0.15) is 5.82 Å². The molecule has 1 aromatic heterocycles. The minimum absolute atomic E-state index is 0.222. The van der Waals surface area contributed by atoms with Crippen LogP contribution in [0.5, 0.6) is 0 Å². The largest absolute Gasteiger partial charge is 0.347 e. The van der Waals surface area contributed by atoms with Crippen LogP contribution in [-0.2, 0) is 16.5 Å². The summed E-state index contributed by atoms with van der Waals surface area (Å²) in [6.45, 7) is 7.51. The van der Waals surface area contributed by atoms with Crippen molar-refractivity contribution in [2.24, 2.45) is 7.05 Å². The number of imidazole rings is 1. The quantitative estimate of drug-likeness (QED) is 0.716. The maximum absolute atomic E-state index is 5.48. The molecule has 1 saturated heterocycles. The highest BCUT2D eigenvalue weighted by Crippen LogP contribution is 2.22. The number of aryl methyl sites for hydroxylation is 1. The monoisotopic (exact) mass is 212 g/mol. The van der Waals surface area contributed by atoms with E-state index in [4.69, 9.17) is 9.47 Å². The van der Waals surface area contributed by atoms with E-state index in [1.807, 2.05) is 38.6 Å². The molecule has 0 bridgehead atoms. The fourth-order valence-corrected chi connectivity index (χ4v) is 1.40. The molecule has 0 atom stereocenters. The van der Waals surface area contributed by atoms with Crippen LogP contribution in [-0.4, -0.2) is 22.8 Å². The summed E-state index contributed by atoms with van der Waals surface area (Å²) in [6.07, 6.45) is 2.57. The van der Waals surface area contributed by atoms with E-state index in [9.17, 15) is 0 Å². The van der Waals surface area contributed by atoms with Crippen LogP contribution < -0.4 is 0 Å². The number of ether oxygens (including phenoxy) is 2. The van der Waals surface area contributed by atoms with Gasteiger partial charge >= 0.3 is 0 Å². The molecule has 0 saturated carbocycles. The van der Waals surface area contributed by atoms with Crippen LogP contribution >= 0.6 is 0 Å². The van der Waals surface area contributed by atoms with Gasteiger partial charge in [-0.1, -0.05) is 13.8 Å². The third-order valence-corrected chi connectivity index (χ3v) is 2.32. The number of rotatable bonds is 1. The summed E-state index contributed by atoms with van der Waals surface area (Å²) in [5.41, 5.74) is 0.997. The summed E-state index contributed by atoms with van der Waals surface area (Å²) in [4.78, 5) is 4.19. The van der Waals surface area contributed by atoms with Crippen LogP contribution in [0.25, 0.3) is 0 Å². The van der Waals surface area contributed by atoms with Crippen molar-refractivity contribution in [3.63, 3.8) is 0 Å². The molecule has 1 fully saturated rings. The van der Waals surface area contributed by atoms with Gasteiger partial charge in [-0.25, -0.2) is 4.98 Å². The molecule has 4 heteroatoms. The second-order valence-corrected chi connectivity index (χ2v) is 3.22. The number of hydrogen-bond donors (Lipinski definition) is 0. The molecule has 1 aromatic rings. The fraction of sp³-hybridized carbons (Fsp3) is 0.727. The van der Waals surface area contributed by atoms with E-state index in [2.05, 4.69) is 4.98 Å². The van der Waals surface area contributed by atoms with Crippen LogP contribution in [0.1, 0.15) is 38.1 Å². The van der Waals surface area contributed by atoms with Crippen LogP contribution in [0.3, 0.4) is 0 Å². The Labute approximate surface area is 91.2 Å². The molecule has 4 nitrogen and oxygen atoms in total. The highest BCUT2D eigenvalue weighted by Gasteiger charge is 2.20. The predicted molar refractivity (Wildman–Crippen MR) is 58.6 cm³/mol. The first-order chi connectivity index (χ1) is 7.29. The van der Waals surface area contributed by atoms with Crippen molar-refractivity contribution in [3.8, 4) is 0 Å². The minimum atomic E-state index is -0.222. The average Bonchev–Trinajstić information content (AvgIpc) is 2.64. The van der Waals surface area contributed by atoms with E-state index in [1.54, 1.807) is 0 Å². The average molecular weight is 212 g/mol. The summed E-state index contributed by atoms with van der Waals surface area (Å²) in [5.74, 6) is 0.979. The van der Waals surface area contributed by atoms with Gasteiger partial charge in [0.15, 0.2) is 0 Å². The highest BCUT2D eigenvalue weighted by molar-refractivity contribution is 5.05. The molecule has 0 aliphatic carbocycles. The molecule has 2 rings (SSSR count). The maximum atomic E-state index is 5.48. The Bertz CT molecular complexity index is 291. The Kier molecular flexibility index (Phi) is 4.78. The molecule has 0 N–H and O–H groups in total. The van der Waals surface area contributed by atoms with Gasteiger partial charge in [0, 0.05) is 7.05 Å². The van der Waals surface area contributed by atoms with Gasteiger partial charge in [0.25, 0.3) is 0 Å². The number of hydrogen-bond acceptors (Lipinski definition) is 3. The molecule has 2 heterocycles. The first kappa shape index (κ1) is 12.2. The Morgan fingerprint density at radius 3 is 2.40 bits per heavy atom. The lowest BCUT2D eigenvalue weighted by molar-refractivity contribution is -0.186. The Hall–Kier alpha value is -0.870. The van der Waals surface area contributed by atoms with Crippen LogP contribution in [0, 0.1) is 6.92 Å². The topological polar surface area (TPSA) is 36.3 Å². The fourth-order valence-electron chi connectivity index (χ4n) is 1.40. The Morgan fingerprint density at radius 1 is 1.33 bits per heavy atom. The van der Waals surface area contributed by atoms with Gasteiger partial charge in [-0.2, -0.15) is 0 Å². The first-order valence-corrected chi connectivity index (χ1v) is 5.50. The zero-order valence-electron chi connectivity index (χ0n) is 9.99. The van der Waals surface area contributed by atoms with Crippen molar-refractivity contribution in [2.75, 3.05) is 13.2 Å². The lowest BCUT2D eigenvalue weighted by atomic mass is 10.4. The van der Waals surface area contributed by atoms with E-state index in [1.165, 1.54) is 0 Å². The number of nitrogens with zero attached hydrogens (tertiary/aromatic N) is 2. The normalized spacial score (nSPS) is 17.1. The molecule has 0 aromatic carbocycles. The molecule has 0 amide bonds. The van der Waals surface area contributed by atoms with Gasteiger partial charge in [0.05, 0.1) is 25.1 Å². The zero-order chi connectivity index (χ0) is 11.3. The van der Waals surface area contributed by atoms with Crippen LogP contribution in [0.15, 0.2) is 6.20 Å². The van der Waals surface area contributed by atoms with Gasteiger partial charge < -0.3 is 14.0 Å². The van der Waals surface area contributed by atoms with Crippen LogP contribution in [0.4, 0.5) is 0 Å². The minimum Gasteiger partial charge on any atom is -0.347 e. The first-order valence-electron chi connectivity index (χ1n) is 5.50. The molecule has 1 aliphatic heterocycles. The van der Waals surface area contributed by atoms with Gasteiger partial charge in [-0.05, 0) is 13.3 Å². The molecule has 1 aliphatic rings. The van der Waals surface area contributed by atoms with Crippen molar-refractivity contribution < 1.29 is 9.47 Å². The van der Waals surface area contributed by atoms with Crippen LogP contribution in [0.2, 0.25) is 0 Å². The molecule has 86 valence electrons. The van der Waals surface area contributed by atoms with Gasteiger partial charge in [-0.15, -0.1) is 0 Å². The lowest BCUT2D eigenvalue weighted by Crippen LogP contribution is -2.19. The van der Waals surface area contributed by atoms with Crippen molar-refractivity contribution in [1.82, 2.24) is 9.55 Å². The molecule has 15 heavy (non-hydrogen) atoms. The van der Waals surface area contributed by atoms with Crippen molar-refractivity contribution in [3.05, 3.63) is 17.7 Å². The van der Waals surface area contributed by atoms with Crippen molar-refractivity contribution >= 4 is 0 Å². The third-order valence-electron chi connectivity index (χ3n) is 2.32. The third kappa shape index (κ3) is 2.79. The Morgan fingerprint density at radius 2 is 1.93 bits per heavy atom.